The second-order valence-corrected chi connectivity index (χ2v) is 4.05. The van der Waals surface area contributed by atoms with Gasteiger partial charge in [-0.1, -0.05) is 11.6 Å². The Balaban J connectivity index is 2.65. The highest BCUT2D eigenvalue weighted by Crippen LogP contribution is 2.26. The van der Waals surface area contributed by atoms with Gasteiger partial charge in [-0.15, -0.1) is 0 Å². The number of primary amides is 1. The van der Waals surface area contributed by atoms with Gasteiger partial charge in [0.15, 0.2) is 10.8 Å². The Hall–Kier alpha value is -1.86. The van der Waals surface area contributed by atoms with E-state index in [1.54, 1.807) is 13.2 Å². The molecule has 0 aromatic carbocycles. The molecule has 0 aliphatic carbocycles. The van der Waals surface area contributed by atoms with E-state index in [4.69, 9.17) is 22.1 Å². The molecule has 2 heterocycles. The number of nitrogens with zero attached hydrogens (tertiary/aromatic N) is 3. The quantitative estimate of drug-likeness (QED) is 0.884. The summed E-state index contributed by atoms with van der Waals surface area (Å²) in [6, 6.07) is 0.931. The molecule has 7 nitrogen and oxygen atoms in total. The number of urea groups is 1. The number of hydrogen-bond acceptors (Lipinski definition) is 4. The summed E-state index contributed by atoms with van der Waals surface area (Å²) in [5.41, 5.74) is 6.73. The van der Waals surface area contributed by atoms with Gasteiger partial charge in [0, 0.05) is 13.2 Å². The molecule has 0 saturated heterocycles. The fraction of sp³-hybridized carbons (Fsp3) is 0.300. The molecule has 96 valence electrons. The number of anilines is 1. The summed E-state index contributed by atoms with van der Waals surface area (Å²) >= 11 is 5.84. The van der Waals surface area contributed by atoms with Crippen molar-refractivity contribution in [1.29, 1.82) is 0 Å². The molecule has 2 amide bonds. The van der Waals surface area contributed by atoms with Gasteiger partial charge in [-0.2, -0.15) is 5.10 Å². The van der Waals surface area contributed by atoms with Gasteiger partial charge in [0.05, 0.1) is 23.7 Å². The minimum atomic E-state index is -0.682. The number of carbonyl (C=O) groups excluding carboxylic acids is 1. The molecule has 0 saturated carbocycles. The molecule has 0 aliphatic heterocycles. The van der Waals surface area contributed by atoms with E-state index in [1.807, 2.05) is 6.92 Å². The van der Waals surface area contributed by atoms with E-state index in [9.17, 15) is 4.79 Å². The Bertz CT molecular complexity index is 597. The number of aromatic nitrogens is 3. The van der Waals surface area contributed by atoms with Crippen molar-refractivity contribution in [2.45, 2.75) is 13.0 Å². The number of halogens is 1. The number of nitrogens with two attached hydrogens (primary N) is 1. The van der Waals surface area contributed by atoms with Crippen molar-refractivity contribution in [3.8, 4) is 0 Å². The average Bonchev–Trinajstić information content (AvgIpc) is 2.67. The maximum absolute atomic E-state index is 11.0. The van der Waals surface area contributed by atoms with E-state index in [0.29, 0.717) is 22.2 Å². The predicted octanol–water partition coefficient (Wildman–Crippen LogP) is 1.58. The van der Waals surface area contributed by atoms with Crippen LogP contribution in [0.5, 0.6) is 0 Å². The summed E-state index contributed by atoms with van der Waals surface area (Å²) in [6.45, 7) is 1.82. The van der Waals surface area contributed by atoms with Gasteiger partial charge in [-0.05, 0) is 6.92 Å². The Morgan fingerprint density at radius 1 is 1.67 bits per heavy atom. The zero-order valence-corrected chi connectivity index (χ0v) is 10.6. The first-order chi connectivity index (χ1) is 8.52. The van der Waals surface area contributed by atoms with Crippen LogP contribution >= 0.6 is 11.6 Å². The molecule has 0 fully saturated rings. The highest BCUT2D eigenvalue weighted by molar-refractivity contribution is 6.29. The largest absolute Gasteiger partial charge is 0.375 e. The minimum absolute atomic E-state index is 0.309. The second-order valence-electron chi connectivity index (χ2n) is 3.66. The fourth-order valence-corrected chi connectivity index (χ4v) is 1.83. The van der Waals surface area contributed by atoms with Crippen LogP contribution in [-0.2, 0) is 4.74 Å². The molecule has 2 rings (SSSR count). The molecule has 3 N–H and O–H groups in total. The lowest BCUT2D eigenvalue weighted by molar-refractivity contribution is 0.114. The molecule has 2 aromatic rings. The number of ether oxygens (including phenoxy) is 1. The molecule has 0 radical (unpaired) electrons. The van der Waals surface area contributed by atoms with Crippen molar-refractivity contribution in [3.63, 3.8) is 0 Å². The second kappa shape index (κ2) is 4.79. The van der Waals surface area contributed by atoms with Crippen molar-refractivity contribution in [1.82, 2.24) is 14.6 Å². The lowest BCUT2D eigenvalue weighted by atomic mass is 10.2. The summed E-state index contributed by atoms with van der Waals surface area (Å²) in [7, 11) is 1.55. The molecule has 2 aromatic heterocycles. The Labute approximate surface area is 108 Å². The maximum Gasteiger partial charge on any atom is 0.316 e. The third-order valence-electron chi connectivity index (χ3n) is 2.49. The van der Waals surface area contributed by atoms with Gasteiger partial charge < -0.3 is 15.8 Å². The van der Waals surface area contributed by atoms with E-state index in [0.717, 1.165) is 0 Å². The molecule has 8 heteroatoms. The van der Waals surface area contributed by atoms with E-state index in [1.165, 1.54) is 10.7 Å². The van der Waals surface area contributed by atoms with Crippen molar-refractivity contribution >= 4 is 29.0 Å². The van der Waals surface area contributed by atoms with Crippen LogP contribution in [0.25, 0.3) is 5.65 Å². The van der Waals surface area contributed by atoms with Crippen LogP contribution in [-0.4, -0.2) is 27.7 Å². The van der Waals surface area contributed by atoms with Gasteiger partial charge in [-0.25, -0.2) is 14.3 Å². The molecule has 1 atom stereocenters. The zero-order chi connectivity index (χ0) is 13.3. The summed E-state index contributed by atoms with van der Waals surface area (Å²) < 4.78 is 6.77. The SMILES string of the molecule is COC(C)c1c(NC(N)=O)cnc2cc(Cl)nn12. The van der Waals surface area contributed by atoms with Crippen LogP contribution in [0.4, 0.5) is 10.5 Å². The van der Waals surface area contributed by atoms with E-state index >= 15 is 0 Å². The van der Waals surface area contributed by atoms with Crippen LogP contribution in [0.15, 0.2) is 12.3 Å². The van der Waals surface area contributed by atoms with Crippen LogP contribution in [0, 0.1) is 0 Å². The number of fused-ring (bicyclic) bond motifs is 1. The molecule has 0 spiro atoms. The first-order valence-corrected chi connectivity index (χ1v) is 5.54. The fourth-order valence-electron chi connectivity index (χ4n) is 1.66. The summed E-state index contributed by atoms with van der Waals surface area (Å²) in [5, 5.41) is 6.89. The number of methoxy groups -OCH3 is 1. The summed E-state index contributed by atoms with van der Waals surface area (Å²) in [5.74, 6) is 0. The average molecular weight is 270 g/mol. The van der Waals surface area contributed by atoms with Gasteiger partial charge in [0.2, 0.25) is 0 Å². The molecule has 0 bridgehead atoms. The Kier molecular flexibility index (Phi) is 3.35. The van der Waals surface area contributed by atoms with Crippen LogP contribution in [0.3, 0.4) is 0 Å². The van der Waals surface area contributed by atoms with Crippen molar-refractivity contribution < 1.29 is 9.53 Å². The number of hydrogen-bond donors (Lipinski definition) is 2. The normalized spacial score (nSPS) is 12.6. The van der Waals surface area contributed by atoms with E-state index in [-0.39, 0.29) is 6.10 Å². The molecule has 18 heavy (non-hydrogen) atoms. The van der Waals surface area contributed by atoms with Gasteiger partial charge >= 0.3 is 6.03 Å². The van der Waals surface area contributed by atoms with Crippen LogP contribution < -0.4 is 11.1 Å². The number of nitrogens with one attached hydrogen (secondary N) is 1. The summed E-state index contributed by atoms with van der Waals surface area (Å²) in [4.78, 5) is 15.1. The van der Waals surface area contributed by atoms with Crippen LogP contribution in [0.1, 0.15) is 18.7 Å². The first kappa shape index (κ1) is 12.6. The predicted molar refractivity (Wildman–Crippen MR) is 66.6 cm³/mol. The number of amides is 2. The lowest BCUT2D eigenvalue weighted by Gasteiger charge is -2.15. The van der Waals surface area contributed by atoms with E-state index in [2.05, 4.69) is 15.4 Å². The van der Waals surface area contributed by atoms with Crippen molar-refractivity contribution in [3.05, 3.63) is 23.1 Å². The summed E-state index contributed by atoms with van der Waals surface area (Å²) in [6.07, 6.45) is 1.18. The maximum atomic E-state index is 11.0. The highest BCUT2D eigenvalue weighted by atomic mass is 35.5. The molecule has 1 unspecified atom stereocenters. The molecular formula is C10H12ClN5O2. The van der Waals surface area contributed by atoms with Gasteiger partial charge in [0.1, 0.15) is 0 Å². The topological polar surface area (TPSA) is 94.5 Å². The van der Waals surface area contributed by atoms with Gasteiger partial charge in [0.25, 0.3) is 0 Å². The lowest BCUT2D eigenvalue weighted by Crippen LogP contribution is -2.22. The smallest absolute Gasteiger partial charge is 0.316 e. The highest BCUT2D eigenvalue weighted by Gasteiger charge is 2.18. The first-order valence-electron chi connectivity index (χ1n) is 5.16. The molecular weight excluding hydrogens is 258 g/mol. The third kappa shape index (κ3) is 2.22. The van der Waals surface area contributed by atoms with Crippen molar-refractivity contribution in [2.24, 2.45) is 5.73 Å². The third-order valence-corrected chi connectivity index (χ3v) is 2.67. The van der Waals surface area contributed by atoms with Gasteiger partial charge in [-0.3, -0.25) is 0 Å². The van der Waals surface area contributed by atoms with Crippen LogP contribution in [0.2, 0.25) is 5.15 Å². The Morgan fingerprint density at radius 3 is 3.00 bits per heavy atom. The monoisotopic (exact) mass is 269 g/mol. The van der Waals surface area contributed by atoms with E-state index < -0.39 is 6.03 Å². The minimum Gasteiger partial charge on any atom is -0.375 e. The standard InChI is InChI=1S/C10H12ClN5O2/c1-5(18-2)9-6(14-10(12)17)4-13-8-3-7(11)15-16(8)9/h3-5H,1-2H3,(H3,12,14,17). The van der Waals surface area contributed by atoms with Crippen molar-refractivity contribution in [2.75, 3.05) is 12.4 Å². The number of rotatable bonds is 3. The molecule has 0 aliphatic rings. The number of carbonyl (C=O) groups is 1. The Morgan fingerprint density at radius 2 is 2.39 bits per heavy atom. The zero-order valence-electron chi connectivity index (χ0n) is 9.85.